The predicted octanol–water partition coefficient (Wildman–Crippen LogP) is 1.74. The van der Waals surface area contributed by atoms with Crippen LogP contribution in [0.15, 0.2) is 35.1 Å². The predicted molar refractivity (Wildman–Crippen MR) is 93.6 cm³/mol. The number of H-pyrrole nitrogens is 1. The fraction of sp³-hybridized carbons (Fsp3) is 0.353. The van der Waals surface area contributed by atoms with Gasteiger partial charge < -0.3 is 9.80 Å². The second-order valence-corrected chi connectivity index (χ2v) is 5.93. The van der Waals surface area contributed by atoms with Crippen LogP contribution < -0.4 is 15.8 Å². The Kier molecular flexibility index (Phi) is 4.50. The lowest BCUT2D eigenvalue weighted by molar-refractivity contribution is 0.208. The van der Waals surface area contributed by atoms with Crippen molar-refractivity contribution in [3.05, 3.63) is 51.8 Å². The fourth-order valence-corrected chi connectivity index (χ4v) is 2.83. The number of piperazine rings is 1. The highest BCUT2D eigenvalue weighted by Crippen LogP contribution is 2.23. The maximum atomic E-state index is 12.3. The van der Waals surface area contributed by atoms with E-state index in [4.69, 9.17) is 0 Å². The fourth-order valence-electron chi connectivity index (χ4n) is 2.83. The third-order valence-electron chi connectivity index (χ3n) is 4.40. The lowest BCUT2D eigenvalue weighted by Gasteiger charge is -2.36. The van der Waals surface area contributed by atoms with Gasteiger partial charge in [0.1, 0.15) is 0 Å². The van der Waals surface area contributed by atoms with Crippen molar-refractivity contribution >= 4 is 17.5 Å². The molecule has 7 nitrogen and oxygen atoms in total. The standard InChI is InChI=1S/C17H21N5O2/c1-12-4-3-5-14(13(12)2)21-8-10-22(11-9-21)17(24)18-15-6-7-16(23)20-19-15/h3-7H,8-11H2,1-2H3,(H,20,23)(H,18,19,24). The highest BCUT2D eigenvalue weighted by atomic mass is 16.2. The van der Waals surface area contributed by atoms with Gasteiger partial charge in [-0.3, -0.25) is 10.1 Å². The van der Waals surface area contributed by atoms with Gasteiger partial charge in [0.05, 0.1) is 0 Å². The Labute approximate surface area is 140 Å². The van der Waals surface area contributed by atoms with Crippen molar-refractivity contribution in [3.63, 3.8) is 0 Å². The molecule has 2 heterocycles. The van der Waals surface area contributed by atoms with Crippen molar-refractivity contribution in [1.82, 2.24) is 15.1 Å². The van der Waals surface area contributed by atoms with Gasteiger partial charge in [-0.1, -0.05) is 12.1 Å². The van der Waals surface area contributed by atoms with E-state index in [1.807, 2.05) is 0 Å². The molecular weight excluding hydrogens is 306 g/mol. The van der Waals surface area contributed by atoms with Gasteiger partial charge in [-0.2, -0.15) is 5.10 Å². The molecule has 1 fully saturated rings. The summed E-state index contributed by atoms with van der Waals surface area (Å²) in [6.45, 7) is 7.10. The summed E-state index contributed by atoms with van der Waals surface area (Å²) in [6.07, 6.45) is 0. The molecule has 0 aliphatic carbocycles. The number of aromatic amines is 1. The summed E-state index contributed by atoms with van der Waals surface area (Å²) >= 11 is 0. The van der Waals surface area contributed by atoms with Crippen LogP contribution in [-0.2, 0) is 0 Å². The molecule has 1 aromatic carbocycles. The summed E-state index contributed by atoms with van der Waals surface area (Å²) in [4.78, 5) is 27.3. The van der Waals surface area contributed by atoms with Crippen LogP contribution in [0.4, 0.5) is 16.3 Å². The number of anilines is 2. The Balaban J connectivity index is 1.60. The molecule has 1 aromatic heterocycles. The summed E-state index contributed by atoms with van der Waals surface area (Å²) in [5.41, 5.74) is 3.50. The van der Waals surface area contributed by atoms with E-state index < -0.39 is 0 Å². The average Bonchev–Trinajstić information content (AvgIpc) is 2.59. The summed E-state index contributed by atoms with van der Waals surface area (Å²) < 4.78 is 0. The third kappa shape index (κ3) is 3.40. The molecule has 0 unspecified atom stereocenters. The van der Waals surface area contributed by atoms with E-state index in [1.165, 1.54) is 28.9 Å². The Morgan fingerprint density at radius 2 is 1.88 bits per heavy atom. The number of urea groups is 1. The van der Waals surface area contributed by atoms with E-state index in [0.29, 0.717) is 18.9 Å². The van der Waals surface area contributed by atoms with Crippen molar-refractivity contribution in [1.29, 1.82) is 0 Å². The SMILES string of the molecule is Cc1cccc(N2CCN(C(=O)Nc3ccc(=O)[nH]n3)CC2)c1C. The number of aryl methyl sites for hydroxylation is 1. The maximum Gasteiger partial charge on any atom is 0.323 e. The minimum atomic E-state index is -0.296. The molecule has 0 bridgehead atoms. The first-order valence-electron chi connectivity index (χ1n) is 7.97. The Hall–Kier alpha value is -2.83. The summed E-state index contributed by atoms with van der Waals surface area (Å²) in [5.74, 6) is 0.344. The second kappa shape index (κ2) is 6.74. The molecule has 24 heavy (non-hydrogen) atoms. The van der Waals surface area contributed by atoms with Gasteiger partial charge in [-0.05, 0) is 37.1 Å². The molecule has 2 amide bonds. The van der Waals surface area contributed by atoms with E-state index in [0.717, 1.165) is 13.1 Å². The smallest absolute Gasteiger partial charge is 0.323 e. The van der Waals surface area contributed by atoms with Gasteiger partial charge in [0.2, 0.25) is 0 Å². The largest absolute Gasteiger partial charge is 0.368 e. The van der Waals surface area contributed by atoms with Crippen LogP contribution in [0, 0.1) is 13.8 Å². The van der Waals surface area contributed by atoms with Gasteiger partial charge in [-0.15, -0.1) is 0 Å². The van der Waals surface area contributed by atoms with Crippen LogP contribution in [0.3, 0.4) is 0 Å². The van der Waals surface area contributed by atoms with Crippen LogP contribution in [-0.4, -0.2) is 47.3 Å². The van der Waals surface area contributed by atoms with Crippen molar-refractivity contribution < 1.29 is 4.79 Å². The first-order valence-corrected chi connectivity index (χ1v) is 7.97. The van der Waals surface area contributed by atoms with Crippen LogP contribution >= 0.6 is 0 Å². The number of carbonyl (C=O) groups is 1. The minimum Gasteiger partial charge on any atom is -0.368 e. The van der Waals surface area contributed by atoms with E-state index in [-0.39, 0.29) is 11.6 Å². The molecule has 1 aliphatic heterocycles. The second-order valence-electron chi connectivity index (χ2n) is 5.93. The number of hydrogen-bond donors (Lipinski definition) is 2. The number of rotatable bonds is 2. The first kappa shape index (κ1) is 16.0. The van der Waals surface area contributed by atoms with Crippen LogP contribution in [0.5, 0.6) is 0 Å². The van der Waals surface area contributed by atoms with Gasteiger partial charge in [0, 0.05) is 37.9 Å². The zero-order valence-electron chi connectivity index (χ0n) is 13.9. The number of aromatic nitrogens is 2. The van der Waals surface area contributed by atoms with Crippen molar-refractivity contribution in [2.75, 3.05) is 36.4 Å². The molecule has 0 spiro atoms. The van der Waals surface area contributed by atoms with E-state index in [1.54, 1.807) is 4.90 Å². The lowest BCUT2D eigenvalue weighted by atomic mass is 10.1. The number of nitrogens with one attached hydrogen (secondary N) is 2. The van der Waals surface area contributed by atoms with E-state index >= 15 is 0 Å². The van der Waals surface area contributed by atoms with Crippen molar-refractivity contribution in [2.24, 2.45) is 0 Å². The Bertz CT molecular complexity index is 773. The maximum absolute atomic E-state index is 12.3. The van der Waals surface area contributed by atoms with E-state index in [2.05, 4.69) is 52.5 Å². The normalized spacial score (nSPS) is 14.6. The molecule has 0 saturated carbocycles. The first-order chi connectivity index (χ1) is 11.5. The van der Waals surface area contributed by atoms with E-state index in [9.17, 15) is 9.59 Å². The molecule has 0 radical (unpaired) electrons. The van der Waals surface area contributed by atoms with Crippen molar-refractivity contribution in [3.8, 4) is 0 Å². The molecule has 1 aliphatic rings. The van der Waals surface area contributed by atoms with Gasteiger partial charge in [0.25, 0.3) is 5.56 Å². The summed E-state index contributed by atoms with van der Waals surface area (Å²) in [7, 11) is 0. The monoisotopic (exact) mass is 327 g/mol. The average molecular weight is 327 g/mol. The third-order valence-corrected chi connectivity index (χ3v) is 4.40. The molecule has 0 atom stereocenters. The minimum absolute atomic E-state index is 0.199. The van der Waals surface area contributed by atoms with Crippen LogP contribution in [0.2, 0.25) is 0 Å². The van der Waals surface area contributed by atoms with Gasteiger partial charge in [0.15, 0.2) is 5.82 Å². The molecule has 126 valence electrons. The summed E-state index contributed by atoms with van der Waals surface area (Å²) in [6, 6.07) is 8.93. The molecular formula is C17H21N5O2. The molecule has 7 heteroatoms. The number of hydrogen-bond acceptors (Lipinski definition) is 4. The quantitative estimate of drug-likeness (QED) is 0.880. The Morgan fingerprint density at radius 3 is 2.54 bits per heavy atom. The molecule has 3 rings (SSSR count). The highest BCUT2D eigenvalue weighted by molar-refractivity contribution is 5.88. The summed E-state index contributed by atoms with van der Waals surface area (Å²) in [5, 5.41) is 8.79. The van der Waals surface area contributed by atoms with Gasteiger partial charge in [-0.25, -0.2) is 9.89 Å². The van der Waals surface area contributed by atoms with Crippen molar-refractivity contribution in [2.45, 2.75) is 13.8 Å². The molecule has 2 N–H and O–H groups in total. The number of benzene rings is 1. The molecule has 2 aromatic rings. The Morgan fingerprint density at radius 1 is 1.12 bits per heavy atom. The number of amides is 2. The van der Waals surface area contributed by atoms with Crippen LogP contribution in [0.25, 0.3) is 0 Å². The topological polar surface area (TPSA) is 81.3 Å². The number of carbonyl (C=O) groups excluding carboxylic acids is 1. The van der Waals surface area contributed by atoms with Crippen LogP contribution in [0.1, 0.15) is 11.1 Å². The van der Waals surface area contributed by atoms with Gasteiger partial charge >= 0.3 is 6.03 Å². The molecule has 1 saturated heterocycles. The highest BCUT2D eigenvalue weighted by Gasteiger charge is 2.22. The zero-order valence-corrected chi connectivity index (χ0v) is 13.9. The lowest BCUT2D eigenvalue weighted by Crippen LogP contribution is -2.50. The zero-order chi connectivity index (χ0) is 17.1. The number of nitrogens with zero attached hydrogens (tertiary/aromatic N) is 3.